The number of hydrogen-bond donors (Lipinski definition) is 0. The van der Waals surface area contributed by atoms with Gasteiger partial charge in [-0.15, -0.1) is 0 Å². The van der Waals surface area contributed by atoms with Crippen molar-refractivity contribution >= 4 is 5.78 Å². The van der Waals surface area contributed by atoms with Crippen LogP contribution in [0.15, 0.2) is 18.2 Å². The summed E-state index contributed by atoms with van der Waals surface area (Å²) in [5, 5.41) is 0. The van der Waals surface area contributed by atoms with E-state index in [0.717, 1.165) is 0 Å². The minimum absolute atomic E-state index is 0.0294. The lowest BCUT2D eigenvalue weighted by Gasteiger charge is -2.11. The lowest BCUT2D eigenvalue weighted by atomic mass is 10.1. The normalized spacial score (nSPS) is 12.2. The van der Waals surface area contributed by atoms with Crippen molar-refractivity contribution in [3.8, 4) is 5.75 Å². The molecule has 0 radical (unpaired) electrons. The van der Waals surface area contributed by atoms with Gasteiger partial charge in [-0.05, 0) is 26.0 Å². The molecule has 0 heterocycles. The smallest absolute Gasteiger partial charge is 0.194 e. The van der Waals surface area contributed by atoms with Crippen molar-refractivity contribution in [3.05, 3.63) is 29.6 Å². The van der Waals surface area contributed by atoms with Gasteiger partial charge in [0.2, 0.25) is 0 Å². The van der Waals surface area contributed by atoms with E-state index in [1.165, 1.54) is 19.2 Å². The highest BCUT2D eigenvalue weighted by atomic mass is 19.1. The zero-order chi connectivity index (χ0) is 12.1. The zero-order valence-corrected chi connectivity index (χ0v) is 9.62. The number of carbonyl (C=O) groups is 1. The van der Waals surface area contributed by atoms with E-state index >= 15 is 0 Å². The number of halogens is 1. The molecule has 0 spiro atoms. The van der Waals surface area contributed by atoms with Crippen molar-refractivity contribution in [1.82, 2.24) is 0 Å². The highest BCUT2D eigenvalue weighted by molar-refractivity contribution is 5.99. The summed E-state index contributed by atoms with van der Waals surface area (Å²) in [6.07, 6.45) is -0.632. The van der Waals surface area contributed by atoms with Crippen LogP contribution >= 0.6 is 0 Å². The molecule has 0 aliphatic carbocycles. The number of Topliss-reactive ketones (excluding diaryl/α,β-unsaturated/α-hetero) is 1. The Morgan fingerprint density at radius 2 is 2.19 bits per heavy atom. The Balaban J connectivity index is 2.91. The summed E-state index contributed by atoms with van der Waals surface area (Å²) < 4.78 is 23.5. The molecule has 4 heteroatoms. The van der Waals surface area contributed by atoms with Crippen molar-refractivity contribution in [2.45, 2.75) is 20.0 Å². The van der Waals surface area contributed by atoms with E-state index in [2.05, 4.69) is 0 Å². The molecule has 0 saturated heterocycles. The summed E-state index contributed by atoms with van der Waals surface area (Å²) >= 11 is 0. The minimum Gasteiger partial charge on any atom is -0.497 e. The molecule has 1 aromatic carbocycles. The molecule has 0 aliphatic rings. The number of benzene rings is 1. The maximum atomic E-state index is 13.5. The number of carbonyl (C=O) groups excluding carboxylic acids is 1. The van der Waals surface area contributed by atoms with Crippen LogP contribution in [0.4, 0.5) is 4.39 Å². The van der Waals surface area contributed by atoms with E-state index < -0.39 is 11.9 Å². The third-order valence-electron chi connectivity index (χ3n) is 2.23. The second-order valence-electron chi connectivity index (χ2n) is 3.31. The fourth-order valence-corrected chi connectivity index (χ4v) is 1.37. The Bertz CT molecular complexity index is 377. The van der Waals surface area contributed by atoms with Crippen LogP contribution in [0.3, 0.4) is 0 Å². The molecular formula is C12H15FO3. The molecule has 1 rings (SSSR count). The lowest BCUT2D eigenvalue weighted by Crippen LogP contribution is -2.21. The fraction of sp³-hybridized carbons (Fsp3) is 0.417. The first kappa shape index (κ1) is 12.6. The molecule has 0 fully saturated rings. The lowest BCUT2D eigenvalue weighted by molar-refractivity contribution is 0.0517. The van der Waals surface area contributed by atoms with Crippen LogP contribution in [-0.4, -0.2) is 25.6 Å². The van der Waals surface area contributed by atoms with E-state index in [-0.39, 0.29) is 11.3 Å². The van der Waals surface area contributed by atoms with Gasteiger partial charge < -0.3 is 9.47 Å². The van der Waals surface area contributed by atoms with Crippen molar-refractivity contribution in [2.75, 3.05) is 13.7 Å². The van der Waals surface area contributed by atoms with E-state index in [0.29, 0.717) is 12.4 Å². The van der Waals surface area contributed by atoms with E-state index in [1.807, 2.05) is 0 Å². The van der Waals surface area contributed by atoms with Crippen LogP contribution < -0.4 is 4.74 Å². The van der Waals surface area contributed by atoms with Gasteiger partial charge >= 0.3 is 0 Å². The summed E-state index contributed by atoms with van der Waals surface area (Å²) in [5.74, 6) is -0.559. The molecule has 0 amide bonds. The molecule has 0 bridgehead atoms. The van der Waals surface area contributed by atoms with Gasteiger partial charge in [-0.3, -0.25) is 4.79 Å². The van der Waals surface area contributed by atoms with Crippen molar-refractivity contribution < 1.29 is 18.7 Å². The predicted octanol–water partition coefficient (Wildman–Crippen LogP) is 2.44. The average molecular weight is 226 g/mol. The van der Waals surface area contributed by atoms with Gasteiger partial charge in [0.1, 0.15) is 17.7 Å². The Labute approximate surface area is 94.2 Å². The Morgan fingerprint density at radius 3 is 2.69 bits per heavy atom. The number of ketones is 1. The zero-order valence-electron chi connectivity index (χ0n) is 9.62. The third kappa shape index (κ3) is 2.79. The van der Waals surface area contributed by atoms with Gasteiger partial charge in [0.25, 0.3) is 0 Å². The molecule has 16 heavy (non-hydrogen) atoms. The molecule has 88 valence electrons. The quantitative estimate of drug-likeness (QED) is 0.723. The van der Waals surface area contributed by atoms with E-state index in [1.54, 1.807) is 19.9 Å². The van der Waals surface area contributed by atoms with Gasteiger partial charge in [0, 0.05) is 12.7 Å². The van der Waals surface area contributed by atoms with Gasteiger partial charge in [0.05, 0.1) is 12.7 Å². The Hall–Kier alpha value is -1.42. The van der Waals surface area contributed by atoms with Gasteiger partial charge in [-0.25, -0.2) is 4.39 Å². The molecule has 0 aromatic heterocycles. The van der Waals surface area contributed by atoms with E-state index in [9.17, 15) is 9.18 Å². The first-order chi connectivity index (χ1) is 7.60. The largest absolute Gasteiger partial charge is 0.497 e. The monoisotopic (exact) mass is 226 g/mol. The SMILES string of the molecule is CCOC(C)C(=O)c1ccc(OC)cc1F. The topological polar surface area (TPSA) is 35.5 Å². The molecular weight excluding hydrogens is 211 g/mol. The van der Waals surface area contributed by atoms with Crippen LogP contribution in [0.2, 0.25) is 0 Å². The second kappa shape index (κ2) is 5.61. The first-order valence-corrected chi connectivity index (χ1v) is 5.09. The Morgan fingerprint density at radius 1 is 1.50 bits per heavy atom. The van der Waals surface area contributed by atoms with Gasteiger partial charge in [-0.2, -0.15) is 0 Å². The van der Waals surface area contributed by atoms with Gasteiger partial charge in [-0.1, -0.05) is 0 Å². The highest BCUT2D eigenvalue weighted by Crippen LogP contribution is 2.18. The summed E-state index contributed by atoms with van der Waals surface area (Å²) in [6, 6.07) is 4.15. The number of hydrogen-bond acceptors (Lipinski definition) is 3. The van der Waals surface area contributed by atoms with Crippen molar-refractivity contribution in [1.29, 1.82) is 0 Å². The fourth-order valence-electron chi connectivity index (χ4n) is 1.37. The van der Waals surface area contributed by atoms with Gasteiger partial charge in [0.15, 0.2) is 5.78 Å². The predicted molar refractivity (Wildman–Crippen MR) is 58.4 cm³/mol. The van der Waals surface area contributed by atoms with E-state index in [4.69, 9.17) is 9.47 Å². The van der Waals surface area contributed by atoms with Crippen molar-refractivity contribution in [3.63, 3.8) is 0 Å². The molecule has 1 atom stereocenters. The summed E-state index contributed by atoms with van der Waals surface area (Å²) in [4.78, 5) is 11.7. The highest BCUT2D eigenvalue weighted by Gasteiger charge is 2.19. The summed E-state index contributed by atoms with van der Waals surface area (Å²) in [5.41, 5.74) is 0.0294. The molecule has 1 unspecified atom stereocenters. The molecule has 0 saturated carbocycles. The molecule has 3 nitrogen and oxygen atoms in total. The molecule has 1 aromatic rings. The van der Waals surface area contributed by atoms with Crippen LogP contribution in [0.25, 0.3) is 0 Å². The minimum atomic E-state index is -0.632. The van der Waals surface area contributed by atoms with Crippen LogP contribution in [0.1, 0.15) is 24.2 Å². The first-order valence-electron chi connectivity index (χ1n) is 5.09. The molecule has 0 aliphatic heterocycles. The average Bonchev–Trinajstić information content (AvgIpc) is 2.28. The second-order valence-corrected chi connectivity index (χ2v) is 3.31. The standard InChI is InChI=1S/C12H15FO3/c1-4-16-8(2)12(14)10-6-5-9(15-3)7-11(10)13/h5-8H,4H2,1-3H3. The summed E-state index contributed by atoms with van der Waals surface area (Å²) in [7, 11) is 1.44. The maximum Gasteiger partial charge on any atom is 0.194 e. The number of ether oxygens (including phenoxy) is 2. The maximum absolute atomic E-state index is 13.5. The Kier molecular flexibility index (Phi) is 4.43. The third-order valence-corrected chi connectivity index (χ3v) is 2.23. The van der Waals surface area contributed by atoms with Crippen LogP contribution in [-0.2, 0) is 4.74 Å². The van der Waals surface area contributed by atoms with Crippen molar-refractivity contribution in [2.24, 2.45) is 0 Å². The molecule has 0 N–H and O–H groups in total. The van der Waals surface area contributed by atoms with Crippen LogP contribution in [0, 0.1) is 5.82 Å². The summed E-state index contributed by atoms with van der Waals surface area (Å²) in [6.45, 7) is 3.81. The number of methoxy groups -OCH3 is 1. The van der Waals surface area contributed by atoms with Crippen LogP contribution in [0.5, 0.6) is 5.75 Å². The number of rotatable bonds is 5.